The fourth-order valence-electron chi connectivity index (χ4n) is 1.61. The summed E-state index contributed by atoms with van der Waals surface area (Å²) in [5, 5.41) is 0. The highest BCUT2D eigenvalue weighted by atomic mass is 16.6. The summed E-state index contributed by atoms with van der Waals surface area (Å²) in [5.41, 5.74) is 6.46. The van der Waals surface area contributed by atoms with E-state index in [1.165, 1.54) is 0 Å². The van der Waals surface area contributed by atoms with Gasteiger partial charge in [0, 0.05) is 0 Å². The molecule has 0 saturated heterocycles. The number of rotatable bonds is 5. The molecule has 0 aliphatic carbocycles. The summed E-state index contributed by atoms with van der Waals surface area (Å²) in [5.74, 6) is 0.473. The van der Waals surface area contributed by atoms with Gasteiger partial charge in [-0.05, 0) is 51.3 Å². The van der Waals surface area contributed by atoms with Gasteiger partial charge < -0.3 is 15.2 Å². The summed E-state index contributed by atoms with van der Waals surface area (Å²) in [6.07, 6.45) is 1.31. The average Bonchev–Trinajstić information content (AvgIpc) is 2.34. The molecule has 0 heterocycles. The molecule has 0 saturated carbocycles. The van der Waals surface area contributed by atoms with Gasteiger partial charge in [0.1, 0.15) is 17.4 Å². The predicted octanol–water partition coefficient (Wildman–Crippen LogP) is 2.30. The standard InChI is InChI=1S/C15H23NO3/c1-15(2,3)19-14(17)13(16)10-7-11-5-8-12(18-4)9-6-11/h5-6,8-9,13H,7,10,16H2,1-4H3/t13-/m1/s1. The molecule has 1 rings (SSSR count). The van der Waals surface area contributed by atoms with Crippen molar-refractivity contribution >= 4 is 5.97 Å². The van der Waals surface area contributed by atoms with Gasteiger partial charge in [-0.25, -0.2) is 0 Å². The third-order valence-electron chi connectivity index (χ3n) is 2.61. The van der Waals surface area contributed by atoms with Gasteiger partial charge in [0.05, 0.1) is 7.11 Å². The molecular formula is C15H23NO3. The maximum absolute atomic E-state index is 11.7. The Kier molecular flexibility index (Phi) is 5.36. The fourth-order valence-corrected chi connectivity index (χ4v) is 1.61. The van der Waals surface area contributed by atoms with Gasteiger partial charge in [0.15, 0.2) is 0 Å². The molecule has 0 aliphatic heterocycles. The van der Waals surface area contributed by atoms with E-state index < -0.39 is 11.6 Å². The number of hydrogen-bond acceptors (Lipinski definition) is 4. The van der Waals surface area contributed by atoms with E-state index in [1.54, 1.807) is 7.11 Å². The highest BCUT2D eigenvalue weighted by Crippen LogP contribution is 2.14. The zero-order chi connectivity index (χ0) is 14.5. The number of carbonyl (C=O) groups excluding carboxylic acids is 1. The Labute approximate surface area is 114 Å². The number of nitrogens with two attached hydrogens (primary N) is 1. The maximum atomic E-state index is 11.7. The molecule has 0 unspecified atom stereocenters. The number of benzene rings is 1. The number of esters is 1. The van der Waals surface area contributed by atoms with E-state index in [0.717, 1.165) is 17.7 Å². The van der Waals surface area contributed by atoms with E-state index in [1.807, 2.05) is 45.0 Å². The van der Waals surface area contributed by atoms with Crippen LogP contribution in [0.4, 0.5) is 0 Å². The summed E-state index contributed by atoms with van der Waals surface area (Å²) < 4.78 is 10.3. The lowest BCUT2D eigenvalue weighted by atomic mass is 10.1. The van der Waals surface area contributed by atoms with Gasteiger partial charge in [-0.2, -0.15) is 0 Å². The van der Waals surface area contributed by atoms with Crippen LogP contribution in [-0.2, 0) is 16.0 Å². The Balaban J connectivity index is 2.44. The molecule has 0 spiro atoms. The lowest BCUT2D eigenvalue weighted by Gasteiger charge is -2.22. The van der Waals surface area contributed by atoms with Crippen LogP contribution in [-0.4, -0.2) is 24.7 Å². The Morgan fingerprint density at radius 2 is 1.84 bits per heavy atom. The van der Waals surface area contributed by atoms with Crippen LogP contribution >= 0.6 is 0 Å². The van der Waals surface area contributed by atoms with Crippen molar-refractivity contribution in [3.8, 4) is 5.75 Å². The van der Waals surface area contributed by atoms with Crippen LogP contribution in [0, 0.1) is 0 Å². The van der Waals surface area contributed by atoms with Gasteiger partial charge in [-0.3, -0.25) is 4.79 Å². The van der Waals surface area contributed by atoms with Crippen molar-refractivity contribution in [2.45, 2.75) is 45.3 Å². The minimum Gasteiger partial charge on any atom is -0.497 e. The van der Waals surface area contributed by atoms with Crippen LogP contribution in [0.25, 0.3) is 0 Å². The molecule has 4 nitrogen and oxygen atoms in total. The van der Waals surface area contributed by atoms with Gasteiger partial charge in [0.25, 0.3) is 0 Å². The third kappa shape index (κ3) is 5.75. The quantitative estimate of drug-likeness (QED) is 0.830. The Hall–Kier alpha value is -1.55. The van der Waals surface area contributed by atoms with Crippen molar-refractivity contribution in [3.63, 3.8) is 0 Å². The molecule has 2 N–H and O–H groups in total. The van der Waals surface area contributed by atoms with Crippen molar-refractivity contribution in [1.29, 1.82) is 0 Å². The van der Waals surface area contributed by atoms with E-state index in [0.29, 0.717) is 6.42 Å². The molecule has 0 amide bonds. The van der Waals surface area contributed by atoms with Crippen LogP contribution in [0.15, 0.2) is 24.3 Å². The zero-order valence-corrected chi connectivity index (χ0v) is 12.1. The minimum atomic E-state index is -0.582. The van der Waals surface area contributed by atoms with Crippen LogP contribution in [0.1, 0.15) is 32.8 Å². The minimum absolute atomic E-state index is 0.346. The van der Waals surface area contributed by atoms with E-state index >= 15 is 0 Å². The Bertz CT molecular complexity index is 406. The number of methoxy groups -OCH3 is 1. The van der Waals surface area contributed by atoms with E-state index in [-0.39, 0.29) is 5.97 Å². The number of aryl methyl sites for hydroxylation is 1. The van der Waals surface area contributed by atoms with Crippen LogP contribution in [0.5, 0.6) is 5.75 Å². The number of ether oxygens (including phenoxy) is 2. The average molecular weight is 265 g/mol. The molecule has 1 atom stereocenters. The molecule has 0 aliphatic rings. The predicted molar refractivity (Wildman–Crippen MR) is 75.1 cm³/mol. The van der Waals surface area contributed by atoms with Gasteiger partial charge in [-0.1, -0.05) is 12.1 Å². The lowest BCUT2D eigenvalue weighted by molar-refractivity contribution is -0.156. The zero-order valence-electron chi connectivity index (χ0n) is 12.1. The van der Waals surface area contributed by atoms with Crippen molar-refractivity contribution in [3.05, 3.63) is 29.8 Å². The van der Waals surface area contributed by atoms with Gasteiger partial charge in [-0.15, -0.1) is 0 Å². The van der Waals surface area contributed by atoms with Crippen molar-refractivity contribution < 1.29 is 14.3 Å². The molecule has 0 aromatic heterocycles. The van der Waals surface area contributed by atoms with Crippen molar-refractivity contribution in [2.24, 2.45) is 5.73 Å². The van der Waals surface area contributed by atoms with Gasteiger partial charge >= 0.3 is 5.97 Å². The first-order valence-electron chi connectivity index (χ1n) is 6.43. The fraction of sp³-hybridized carbons (Fsp3) is 0.533. The molecule has 4 heteroatoms. The van der Waals surface area contributed by atoms with Crippen molar-refractivity contribution in [1.82, 2.24) is 0 Å². The summed E-state index contributed by atoms with van der Waals surface area (Å²) >= 11 is 0. The monoisotopic (exact) mass is 265 g/mol. The van der Waals surface area contributed by atoms with Crippen LogP contribution in [0.2, 0.25) is 0 Å². The summed E-state index contributed by atoms with van der Waals surface area (Å²) in [6.45, 7) is 5.50. The van der Waals surface area contributed by atoms with E-state index in [2.05, 4.69) is 0 Å². The topological polar surface area (TPSA) is 61.5 Å². The highest BCUT2D eigenvalue weighted by molar-refractivity contribution is 5.75. The number of carbonyl (C=O) groups is 1. The van der Waals surface area contributed by atoms with E-state index in [9.17, 15) is 4.79 Å². The molecule has 106 valence electrons. The first-order valence-corrected chi connectivity index (χ1v) is 6.43. The maximum Gasteiger partial charge on any atom is 0.323 e. The smallest absolute Gasteiger partial charge is 0.323 e. The van der Waals surface area contributed by atoms with Crippen LogP contribution < -0.4 is 10.5 Å². The first-order chi connectivity index (χ1) is 8.81. The second kappa shape index (κ2) is 6.57. The second-order valence-electron chi connectivity index (χ2n) is 5.53. The number of hydrogen-bond donors (Lipinski definition) is 1. The highest BCUT2D eigenvalue weighted by Gasteiger charge is 2.21. The largest absolute Gasteiger partial charge is 0.497 e. The summed E-state index contributed by atoms with van der Waals surface area (Å²) in [4.78, 5) is 11.7. The molecule has 1 aromatic rings. The van der Waals surface area contributed by atoms with Crippen LogP contribution in [0.3, 0.4) is 0 Å². The molecule has 0 fully saturated rings. The van der Waals surface area contributed by atoms with Crippen molar-refractivity contribution in [2.75, 3.05) is 7.11 Å². The third-order valence-corrected chi connectivity index (χ3v) is 2.61. The molecule has 0 radical (unpaired) electrons. The Morgan fingerprint density at radius 1 is 1.26 bits per heavy atom. The molecule has 1 aromatic carbocycles. The first kappa shape index (κ1) is 15.5. The molecule has 19 heavy (non-hydrogen) atoms. The van der Waals surface area contributed by atoms with E-state index in [4.69, 9.17) is 15.2 Å². The summed E-state index contributed by atoms with van der Waals surface area (Å²) in [6, 6.07) is 7.16. The second-order valence-corrected chi connectivity index (χ2v) is 5.53. The normalized spacial score (nSPS) is 12.9. The lowest BCUT2D eigenvalue weighted by Crippen LogP contribution is -2.37. The summed E-state index contributed by atoms with van der Waals surface area (Å²) in [7, 11) is 1.63. The Morgan fingerprint density at radius 3 is 2.32 bits per heavy atom. The molecular weight excluding hydrogens is 242 g/mol. The SMILES string of the molecule is COc1ccc(CC[C@@H](N)C(=O)OC(C)(C)C)cc1. The van der Waals surface area contributed by atoms with Gasteiger partial charge in [0.2, 0.25) is 0 Å². The molecule has 0 bridgehead atoms.